The molecule has 0 aromatic carbocycles. The molecule has 3 aliphatic heterocycles. The van der Waals surface area contributed by atoms with Crippen molar-refractivity contribution in [2.24, 2.45) is 5.92 Å². The summed E-state index contributed by atoms with van der Waals surface area (Å²) in [6.45, 7) is 4.28. The molecule has 1 amide bonds. The number of likely N-dealkylation sites (tertiary alicyclic amines) is 1. The van der Waals surface area contributed by atoms with Crippen molar-refractivity contribution >= 4 is 15.9 Å². The van der Waals surface area contributed by atoms with E-state index in [0.717, 1.165) is 25.9 Å². The summed E-state index contributed by atoms with van der Waals surface area (Å²) < 4.78 is 31.8. The van der Waals surface area contributed by atoms with Crippen molar-refractivity contribution in [3.05, 3.63) is 0 Å². The Bertz CT molecular complexity index is 501. The molecule has 2 bridgehead atoms. The number of amides is 1. The fourth-order valence-corrected chi connectivity index (χ4v) is 5.21. The molecule has 0 N–H and O–H groups in total. The van der Waals surface area contributed by atoms with Gasteiger partial charge in [0.05, 0.1) is 23.9 Å². The lowest BCUT2D eigenvalue weighted by molar-refractivity contribution is -0.136. The molecule has 3 rings (SSSR count). The average Bonchev–Trinajstić information content (AvgIpc) is 3.06. The van der Waals surface area contributed by atoms with Gasteiger partial charge in [0.25, 0.3) is 0 Å². The standard InChI is InChI=1S/C14H24N2O4S/c1-2-7-21(18,19)16-9-11-8-12(13(10-16)20-11)14(17)15-5-3-4-6-15/h11-13H,2-10H2,1H3/t11-,12+,13-/m1/s1. The minimum absolute atomic E-state index is 0.119. The summed E-state index contributed by atoms with van der Waals surface area (Å²) in [7, 11) is -3.20. The Morgan fingerprint density at radius 2 is 1.95 bits per heavy atom. The first kappa shape index (κ1) is 15.2. The Morgan fingerprint density at radius 1 is 1.24 bits per heavy atom. The second-order valence-electron chi connectivity index (χ2n) is 6.30. The van der Waals surface area contributed by atoms with Crippen LogP contribution in [-0.4, -0.2) is 67.7 Å². The Balaban J connectivity index is 1.69. The summed E-state index contributed by atoms with van der Waals surface area (Å²) in [5.74, 6) is 0.182. The largest absolute Gasteiger partial charge is 0.371 e. The summed E-state index contributed by atoms with van der Waals surface area (Å²) in [6.07, 6.45) is 3.05. The van der Waals surface area contributed by atoms with Gasteiger partial charge in [0.1, 0.15) is 0 Å². The van der Waals surface area contributed by atoms with Crippen molar-refractivity contribution in [1.29, 1.82) is 0 Å². The van der Waals surface area contributed by atoms with Crippen LogP contribution >= 0.6 is 0 Å². The molecule has 0 aromatic heterocycles. The number of carbonyl (C=O) groups excluding carboxylic acids is 1. The van der Waals surface area contributed by atoms with Gasteiger partial charge in [0.15, 0.2) is 0 Å². The number of carbonyl (C=O) groups is 1. The molecule has 0 spiro atoms. The second-order valence-corrected chi connectivity index (χ2v) is 8.39. The van der Waals surface area contributed by atoms with E-state index >= 15 is 0 Å². The number of morpholine rings is 1. The number of ether oxygens (including phenoxy) is 1. The molecule has 3 heterocycles. The van der Waals surface area contributed by atoms with E-state index in [1.54, 1.807) is 0 Å². The maximum Gasteiger partial charge on any atom is 0.228 e. The van der Waals surface area contributed by atoms with Crippen molar-refractivity contribution in [1.82, 2.24) is 9.21 Å². The van der Waals surface area contributed by atoms with E-state index in [1.165, 1.54) is 4.31 Å². The molecule has 3 aliphatic rings. The molecular formula is C14H24N2O4S. The summed E-state index contributed by atoms with van der Waals surface area (Å²) in [6, 6.07) is 0. The maximum atomic E-state index is 12.6. The van der Waals surface area contributed by atoms with Crippen LogP contribution < -0.4 is 0 Å². The lowest BCUT2D eigenvalue weighted by Crippen LogP contribution is -2.48. The minimum Gasteiger partial charge on any atom is -0.371 e. The SMILES string of the molecule is CCCS(=O)(=O)N1C[C@H]2C[C@H](C(=O)N3CCCC3)[C@@H](C1)O2. The van der Waals surface area contributed by atoms with Crippen LogP contribution in [0.4, 0.5) is 0 Å². The third kappa shape index (κ3) is 2.96. The van der Waals surface area contributed by atoms with E-state index in [9.17, 15) is 13.2 Å². The molecule has 3 saturated heterocycles. The van der Waals surface area contributed by atoms with Gasteiger partial charge < -0.3 is 9.64 Å². The van der Waals surface area contributed by atoms with E-state index in [1.807, 2.05) is 11.8 Å². The van der Waals surface area contributed by atoms with Crippen LogP contribution in [-0.2, 0) is 19.6 Å². The predicted molar refractivity (Wildman–Crippen MR) is 78.2 cm³/mol. The summed E-state index contributed by atoms with van der Waals surface area (Å²) in [5, 5.41) is 0. The third-order valence-corrected chi connectivity index (χ3v) is 6.72. The Hall–Kier alpha value is -0.660. The highest BCUT2D eigenvalue weighted by atomic mass is 32.2. The van der Waals surface area contributed by atoms with Crippen LogP contribution in [0.15, 0.2) is 0 Å². The van der Waals surface area contributed by atoms with Crippen LogP contribution in [0.5, 0.6) is 0 Å². The number of rotatable bonds is 4. The van der Waals surface area contributed by atoms with E-state index in [-0.39, 0.29) is 29.8 Å². The van der Waals surface area contributed by atoms with Gasteiger partial charge in [-0.3, -0.25) is 4.79 Å². The monoisotopic (exact) mass is 316 g/mol. The van der Waals surface area contributed by atoms with Crippen molar-refractivity contribution in [2.45, 2.75) is 44.8 Å². The molecule has 0 aromatic rings. The lowest BCUT2D eigenvalue weighted by atomic mass is 9.99. The first-order chi connectivity index (χ1) is 10.0. The maximum absolute atomic E-state index is 12.6. The molecule has 6 nitrogen and oxygen atoms in total. The number of hydrogen-bond donors (Lipinski definition) is 0. The average molecular weight is 316 g/mol. The van der Waals surface area contributed by atoms with E-state index in [2.05, 4.69) is 0 Å². The molecule has 21 heavy (non-hydrogen) atoms. The van der Waals surface area contributed by atoms with Gasteiger partial charge in [0.2, 0.25) is 15.9 Å². The number of sulfonamides is 1. The van der Waals surface area contributed by atoms with Crippen molar-refractivity contribution < 1.29 is 17.9 Å². The first-order valence-electron chi connectivity index (χ1n) is 7.93. The molecule has 0 unspecified atom stereocenters. The normalized spacial score (nSPS) is 33.6. The Morgan fingerprint density at radius 3 is 2.62 bits per heavy atom. The van der Waals surface area contributed by atoms with E-state index in [4.69, 9.17) is 4.74 Å². The van der Waals surface area contributed by atoms with Gasteiger partial charge in [-0.25, -0.2) is 8.42 Å². The fraction of sp³-hybridized carbons (Fsp3) is 0.929. The van der Waals surface area contributed by atoms with Gasteiger partial charge in [-0.15, -0.1) is 0 Å². The van der Waals surface area contributed by atoms with Gasteiger partial charge >= 0.3 is 0 Å². The fourth-order valence-electron chi connectivity index (χ4n) is 3.67. The van der Waals surface area contributed by atoms with Gasteiger partial charge in [-0.2, -0.15) is 4.31 Å². The Kier molecular flexibility index (Phi) is 4.25. The number of hydrogen-bond acceptors (Lipinski definition) is 4. The van der Waals surface area contributed by atoms with Crippen LogP contribution in [0.3, 0.4) is 0 Å². The highest BCUT2D eigenvalue weighted by Crippen LogP contribution is 2.34. The van der Waals surface area contributed by atoms with Crippen molar-refractivity contribution in [3.63, 3.8) is 0 Å². The molecule has 120 valence electrons. The highest BCUT2D eigenvalue weighted by Gasteiger charge is 2.48. The zero-order valence-corrected chi connectivity index (χ0v) is 13.3. The zero-order valence-electron chi connectivity index (χ0n) is 12.5. The second kappa shape index (κ2) is 5.85. The lowest BCUT2D eigenvalue weighted by Gasteiger charge is -2.32. The van der Waals surface area contributed by atoms with Crippen LogP contribution in [0.1, 0.15) is 32.6 Å². The highest BCUT2D eigenvalue weighted by molar-refractivity contribution is 7.89. The van der Waals surface area contributed by atoms with E-state index < -0.39 is 10.0 Å². The molecule has 0 aliphatic carbocycles. The molecule has 3 atom stereocenters. The van der Waals surface area contributed by atoms with Gasteiger partial charge in [-0.1, -0.05) is 6.92 Å². The van der Waals surface area contributed by atoms with Crippen LogP contribution in [0.25, 0.3) is 0 Å². The minimum atomic E-state index is -3.20. The van der Waals surface area contributed by atoms with Crippen molar-refractivity contribution in [3.8, 4) is 0 Å². The first-order valence-corrected chi connectivity index (χ1v) is 9.54. The molecule has 0 saturated carbocycles. The van der Waals surface area contributed by atoms with Crippen LogP contribution in [0.2, 0.25) is 0 Å². The van der Waals surface area contributed by atoms with Gasteiger partial charge in [0, 0.05) is 26.2 Å². The van der Waals surface area contributed by atoms with Crippen molar-refractivity contribution in [2.75, 3.05) is 31.9 Å². The molecule has 0 radical (unpaired) electrons. The summed E-state index contributed by atoms with van der Waals surface area (Å²) >= 11 is 0. The molecular weight excluding hydrogens is 292 g/mol. The Labute approximate surface area is 126 Å². The predicted octanol–water partition coefficient (Wildman–Crippen LogP) is 0.438. The quantitative estimate of drug-likeness (QED) is 0.755. The topological polar surface area (TPSA) is 66.9 Å². The molecule has 7 heteroatoms. The number of fused-ring (bicyclic) bond motifs is 2. The smallest absolute Gasteiger partial charge is 0.228 e. The number of nitrogens with zero attached hydrogens (tertiary/aromatic N) is 2. The third-order valence-electron chi connectivity index (χ3n) is 4.71. The van der Waals surface area contributed by atoms with Crippen LogP contribution in [0, 0.1) is 5.92 Å². The zero-order chi connectivity index (χ0) is 15.0. The van der Waals surface area contributed by atoms with Gasteiger partial charge in [-0.05, 0) is 25.7 Å². The molecule has 3 fully saturated rings. The summed E-state index contributed by atoms with van der Waals surface area (Å²) in [5.41, 5.74) is 0. The summed E-state index contributed by atoms with van der Waals surface area (Å²) in [4.78, 5) is 14.5. The van der Waals surface area contributed by atoms with E-state index in [0.29, 0.717) is 25.9 Å².